The SMILES string of the molecule is C=CCCCN(C)C(=NC)NCCCN(CC)CC.I. The standard InChI is InChI=1S/C15H32N4.HI/c1-6-9-10-13-18(5)15(16-4)17-12-11-14-19(7-2)8-3;/h6H,1,7-14H2,2-5H3,(H,16,17);1H. The Morgan fingerprint density at radius 2 is 1.85 bits per heavy atom. The first-order valence-electron chi connectivity index (χ1n) is 7.44. The Morgan fingerprint density at radius 1 is 1.20 bits per heavy atom. The van der Waals surface area contributed by atoms with Crippen molar-refractivity contribution in [1.82, 2.24) is 15.1 Å². The highest BCUT2D eigenvalue weighted by atomic mass is 127. The van der Waals surface area contributed by atoms with E-state index in [2.05, 4.69) is 47.6 Å². The molecule has 4 nitrogen and oxygen atoms in total. The monoisotopic (exact) mass is 396 g/mol. The molecular weight excluding hydrogens is 363 g/mol. The van der Waals surface area contributed by atoms with Crippen molar-refractivity contribution in [2.45, 2.75) is 33.1 Å². The van der Waals surface area contributed by atoms with Crippen molar-refractivity contribution < 1.29 is 0 Å². The van der Waals surface area contributed by atoms with Crippen LogP contribution >= 0.6 is 24.0 Å². The van der Waals surface area contributed by atoms with Crippen LogP contribution in [0, 0.1) is 0 Å². The molecule has 0 amide bonds. The Hall–Kier alpha value is -0.300. The molecule has 0 aromatic rings. The van der Waals surface area contributed by atoms with Crippen LogP contribution in [0.25, 0.3) is 0 Å². The fourth-order valence-electron chi connectivity index (χ4n) is 2.01. The third kappa shape index (κ3) is 10.5. The Kier molecular flexibility index (Phi) is 16.6. The number of unbranched alkanes of at least 4 members (excludes halogenated alkanes) is 1. The molecule has 0 spiro atoms. The predicted octanol–water partition coefficient (Wildman–Crippen LogP) is 2.81. The van der Waals surface area contributed by atoms with Gasteiger partial charge in [0.15, 0.2) is 5.96 Å². The quantitative estimate of drug-likeness (QED) is 0.203. The number of rotatable bonds is 10. The van der Waals surface area contributed by atoms with Crippen LogP contribution in [0.15, 0.2) is 17.6 Å². The maximum absolute atomic E-state index is 4.32. The lowest BCUT2D eigenvalue weighted by Gasteiger charge is -2.23. The molecule has 0 atom stereocenters. The number of nitrogens with one attached hydrogen (secondary N) is 1. The lowest BCUT2D eigenvalue weighted by atomic mass is 10.3. The molecule has 0 saturated heterocycles. The van der Waals surface area contributed by atoms with Crippen LogP contribution in [-0.4, -0.2) is 62.6 Å². The van der Waals surface area contributed by atoms with Gasteiger partial charge < -0.3 is 15.1 Å². The van der Waals surface area contributed by atoms with Gasteiger partial charge in [0.05, 0.1) is 0 Å². The molecule has 0 aliphatic heterocycles. The van der Waals surface area contributed by atoms with Gasteiger partial charge >= 0.3 is 0 Å². The van der Waals surface area contributed by atoms with Gasteiger partial charge in [0.25, 0.3) is 0 Å². The zero-order chi connectivity index (χ0) is 14.5. The smallest absolute Gasteiger partial charge is 0.193 e. The van der Waals surface area contributed by atoms with Gasteiger partial charge in [-0.05, 0) is 38.9 Å². The molecule has 20 heavy (non-hydrogen) atoms. The minimum absolute atomic E-state index is 0. The van der Waals surface area contributed by atoms with E-state index < -0.39 is 0 Å². The number of allylic oxidation sites excluding steroid dienone is 1. The summed E-state index contributed by atoms with van der Waals surface area (Å²) in [7, 11) is 3.93. The average molecular weight is 396 g/mol. The van der Waals surface area contributed by atoms with Crippen LogP contribution < -0.4 is 5.32 Å². The summed E-state index contributed by atoms with van der Waals surface area (Å²) in [6, 6.07) is 0. The molecule has 0 aliphatic carbocycles. The average Bonchev–Trinajstić information content (AvgIpc) is 2.43. The fraction of sp³-hybridized carbons (Fsp3) is 0.800. The Balaban J connectivity index is 0. The molecule has 0 saturated carbocycles. The molecule has 0 unspecified atom stereocenters. The van der Waals surface area contributed by atoms with E-state index in [4.69, 9.17) is 0 Å². The Labute approximate surface area is 142 Å². The zero-order valence-electron chi connectivity index (χ0n) is 13.7. The molecular formula is C15H33IN4. The first kappa shape index (κ1) is 22.0. The number of nitrogens with zero attached hydrogens (tertiary/aromatic N) is 3. The predicted molar refractivity (Wildman–Crippen MR) is 101 cm³/mol. The first-order valence-corrected chi connectivity index (χ1v) is 7.44. The van der Waals surface area contributed by atoms with Crippen molar-refractivity contribution in [3.8, 4) is 0 Å². The molecule has 120 valence electrons. The molecule has 0 aromatic heterocycles. The van der Waals surface area contributed by atoms with Gasteiger partial charge in [-0.15, -0.1) is 30.6 Å². The topological polar surface area (TPSA) is 30.9 Å². The number of hydrogen-bond acceptors (Lipinski definition) is 2. The van der Waals surface area contributed by atoms with E-state index in [1.165, 1.54) is 0 Å². The van der Waals surface area contributed by atoms with Crippen molar-refractivity contribution in [2.24, 2.45) is 4.99 Å². The third-order valence-corrected chi connectivity index (χ3v) is 3.30. The maximum atomic E-state index is 4.32. The van der Waals surface area contributed by atoms with Crippen molar-refractivity contribution in [3.63, 3.8) is 0 Å². The van der Waals surface area contributed by atoms with Gasteiger partial charge in [-0.1, -0.05) is 19.9 Å². The highest BCUT2D eigenvalue weighted by Gasteiger charge is 2.04. The van der Waals surface area contributed by atoms with Gasteiger partial charge in [0.2, 0.25) is 0 Å². The van der Waals surface area contributed by atoms with E-state index in [-0.39, 0.29) is 24.0 Å². The van der Waals surface area contributed by atoms with Crippen LogP contribution in [-0.2, 0) is 0 Å². The lowest BCUT2D eigenvalue weighted by Crippen LogP contribution is -2.40. The molecule has 0 bridgehead atoms. The second-order valence-corrected chi connectivity index (χ2v) is 4.71. The summed E-state index contributed by atoms with van der Waals surface area (Å²) in [6.45, 7) is 13.6. The summed E-state index contributed by atoms with van der Waals surface area (Å²) in [4.78, 5) is 8.94. The summed E-state index contributed by atoms with van der Waals surface area (Å²) in [6.07, 6.45) is 5.30. The number of hydrogen-bond donors (Lipinski definition) is 1. The third-order valence-electron chi connectivity index (χ3n) is 3.30. The molecule has 0 aliphatic rings. The van der Waals surface area contributed by atoms with Crippen LogP contribution in [0.4, 0.5) is 0 Å². The van der Waals surface area contributed by atoms with Gasteiger partial charge in [-0.3, -0.25) is 4.99 Å². The Bertz CT molecular complexity index is 252. The summed E-state index contributed by atoms with van der Waals surface area (Å²) in [5.41, 5.74) is 0. The number of halogens is 1. The van der Waals surface area contributed by atoms with Crippen LogP contribution in [0.5, 0.6) is 0 Å². The fourth-order valence-corrected chi connectivity index (χ4v) is 2.01. The molecule has 1 N–H and O–H groups in total. The molecule has 0 radical (unpaired) electrons. The molecule has 5 heteroatoms. The summed E-state index contributed by atoms with van der Waals surface area (Å²) in [5.74, 6) is 0.989. The number of aliphatic imine (C=N–C) groups is 1. The maximum Gasteiger partial charge on any atom is 0.193 e. The van der Waals surface area contributed by atoms with Gasteiger partial charge in [-0.25, -0.2) is 0 Å². The van der Waals surface area contributed by atoms with Crippen molar-refractivity contribution in [3.05, 3.63) is 12.7 Å². The summed E-state index contributed by atoms with van der Waals surface area (Å²) < 4.78 is 0. The van der Waals surface area contributed by atoms with Gasteiger partial charge in [-0.2, -0.15) is 0 Å². The second kappa shape index (κ2) is 15.1. The van der Waals surface area contributed by atoms with Crippen LogP contribution in [0.2, 0.25) is 0 Å². The van der Waals surface area contributed by atoms with E-state index in [0.717, 1.165) is 57.9 Å². The summed E-state index contributed by atoms with van der Waals surface area (Å²) in [5, 5.41) is 3.42. The normalized spacial score (nSPS) is 11.2. The lowest BCUT2D eigenvalue weighted by molar-refractivity contribution is 0.299. The van der Waals surface area contributed by atoms with Crippen LogP contribution in [0.3, 0.4) is 0 Å². The van der Waals surface area contributed by atoms with Crippen molar-refractivity contribution >= 4 is 29.9 Å². The van der Waals surface area contributed by atoms with Gasteiger partial charge in [0, 0.05) is 27.2 Å². The summed E-state index contributed by atoms with van der Waals surface area (Å²) >= 11 is 0. The highest BCUT2D eigenvalue weighted by Crippen LogP contribution is 1.95. The molecule has 0 rings (SSSR count). The molecule has 0 aromatic carbocycles. The minimum atomic E-state index is 0. The Morgan fingerprint density at radius 3 is 2.35 bits per heavy atom. The van der Waals surface area contributed by atoms with E-state index in [9.17, 15) is 0 Å². The van der Waals surface area contributed by atoms with E-state index in [1.807, 2.05) is 13.1 Å². The molecule has 0 heterocycles. The minimum Gasteiger partial charge on any atom is -0.356 e. The van der Waals surface area contributed by atoms with Crippen molar-refractivity contribution in [1.29, 1.82) is 0 Å². The van der Waals surface area contributed by atoms with E-state index in [0.29, 0.717) is 0 Å². The van der Waals surface area contributed by atoms with Gasteiger partial charge in [0.1, 0.15) is 0 Å². The number of guanidine groups is 1. The van der Waals surface area contributed by atoms with E-state index >= 15 is 0 Å². The van der Waals surface area contributed by atoms with Crippen molar-refractivity contribution in [2.75, 3.05) is 46.8 Å². The second-order valence-electron chi connectivity index (χ2n) is 4.71. The molecule has 0 fully saturated rings. The zero-order valence-corrected chi connectivity index (χ0v) is 16.0. The largest absolute Gasteiger partial charge is 0.356 e. The van der Waals surface area contributed by atoms with Crippen LogP contribution in [0.1, 0.15) is 33.1 Å². The highest BCUT2D eigenvalue weighted by molar-refractivity contribution is 14.0. The van der Waals surface area contributed by atoms with E-state index in [1.54, 1.807) is 0 Å². The first-order chi connectivity index (χ1) is 9.19.